The Bertz CT molecular complexity index is 809. The van der Waals surface area contributed by atoms with Gasteiger partial charge in [0, 0.05) is 17.1 Å². The fourth-order valence-corrected chi connectivity index (χ4v) is 5.57. The molecule has 0 bridgehead atoms. The fraction of sp³-hybridized carbons (Fsp3) is 0.385. The Morgan fingerprint density at radius 1 is 1.52 bits per heavy atom. The molecule has 3 rings (SSSR count). The smallest absolute Gasteiger partial charge is 0.153 e. The van der Waals surface area contributed by atoms with Crippen LogP contribution in [-0.4, -0.2) is 36.0 Å². The third-order valence-corrected chi connectivity index (χ3v) is 6.73. The van der Waals surface area contributed by atoms with Crippen molar-refractivity contribution in [1.29, 1.82) is 0 Å². The molecule has 0 aliphatic carbocycles. The summed E-state index contributed by atoms with van der Waals surface area (Å²) in [5.41, 5.74) is 1.15. The minimum Gasteiger partial charge on any atom is -0.298 e. The lowest BCUT2D eigenvalue weighted by Crippen LogP contribution is -2.31. The maximum atomic E-state index is 11.7. The van der Waals surface area contributed by atoms with Crippen LogP contribution < -0.4 is 0 Å². The molecule has 1 unspecified atom stereocenters. The Morgan fingerprint density at radius 3 is 2.81 bits per heavy atom. The minimum absolute atomic E-state index is 0.0454. The van der Waals surface area contributed by atoms with Crippen LogP contribution >= 0.6 is 22.9 Å². The molecular formula is C13H13ClN2O3S2. The summed E-state index contributed by atoms with van der Waals surface area (Å²) in [6, 6.07) is 1.75. The van der Waals surface area contributed by atoms with Crippen molar-refractivity contribution >= 4 is 39.1 Å². The van der Waals surface area contributed by atoms with E-state index in [2.05, 4.69) is 5.10 Å². The van der Waals surface area contributed by atoms with Crippen molar-refractivity contribution in [3.8, 4) is 11.3 Å². The van der Waals surface area contributed by atoms with Crippen LogP contribution in [0.3, 0.4) is 0 Å². The molecule has 3 heterocycles. The number of aromatic nitrogens is 2. The van der Waals surface area contributed by atoms with Gasteiger partial charge in [0.25, 0.3) is 0 Å². The quantitative estimate of drug-likeness (QED) is 0.802. The number of rotatable bonds is 3. The first-order valence-electron chi connectivity index (χ1n) is 6.33. The molecule has 1 aliphatic rings. The number of sulfone groups is 1. The SMILES string of the molecule is CC1(n2cc(C=O)c(-c3csc(Cl)c3)n2)CCS(=O)(=O)C1. The summed E-state index contributed by atoms with van der Waals surface area (Å²) in [6.45, 7) is 1.85. The maximum absolute atomic E-state index is 11.7. The van der Waals surface area contributed by atoms with Crippen LogP contribution in [0.15, 0.2) is 17.6 Å². The van der Waals surface area contributed by atoms with Crippen molar-refractivity contribution in [3.63, 3.8) is 0 Å². The normalized spacial score (nSPS) is 24.3. The van der Waals surface area contributed by atoms with Crippen LogP contribution in [-0.2, 0) is 15.4 Å². The fourth-order valence-electron chi connectivity index (χ4n) is 2.58. The van der Waals surface area contributed by atoms with Gasteiger partial charge in [-0.15, -0.1) is 11.3 Å². The largest absolute Gasteiger partial charge is 0.298 e. The zero-order chi connectivity index (χ0) is 15.3. The number of nitrogens with zero attached hydrogens (tertiary/aromatic N) is 2. The Morgan fingerprint density at radius 2 is 2.29 bits per heavy atom. The molecule has 112 valence electrons. The van der Waals surface area contributed by atoms with Crippen molar-refractivity contribution in [2.24, 2.45) is 0 Å². The topological polar surface area (TPSA) is 69.0 Å². The molecule has 0 spiro atoms. The van der Waals surface area contributed by atoms with E-state index in [9.17, 15) is 13.2 Å². The first kappa shape index (κ1) is 14.7. The third kappa shape index (κ3) is 2.65. The van der Waals surface area contributed by atoms with Crippen LogP contribution in [0.1, 0.15) is 23.7 Å². The summed E-state index contributed by atoms with van der Waals surface area (Å²) in [4.78, 5) is 11.3. The lowest BCUT2D eigenvalue weighted by molar-refractivity contribution is 0.112. The average molecular weight is 345 g/mol. The minimum atomic E-state index is -3.04. The summed E-state index contributed by atoms with van der Waals surface area (Å²) in [5, 5.41) is 6.28. The second-order valence-electron chi connectivity index (χ2n) is 5.47. The van der Waals surface area contributed by atoms with E-state index in [-0.39, 0.29) is 11.5 Å². The van der Waals surface area contributed by atoms with Crippen molar-refractivity contribution in [1.82, 2.24) is 9.78 Å². The second-order valence-corrected chi connectivity index (χ2v) is 9.20. The molecule has 1 atom stereocenters. The number of carbonyl (C=O) groups excluding carboxylic acids is 1. The van der Waals surface area contributed by atoms with E-state index in [1.54, 1.807) is 16.9 Å². The first-order chi connectivity index (χ1) is 9.83. The van der Waals surface area contributed by atoms with Gasteiger partial charge in [-0.1, -0.05) is 11.6 Å². The molecule has 5 nitrogen and oxygen atoms in total. The molecule has 21 heavy (non-hydrogen) atoms. The highest BCUT2D eigenvalue weighted by Gasteiger charge is 2.41. The van der Waals surface area contributed by atoms with E-state index in [1.165, 1.54) is 11.3 Å². The van der Waals surface area contributed by atoms with E-state index in [4.69, 9.17) is 11.6 Å². The molecular weight excluding hydrogens is 332 g/mol. The molecule has 2 aromatic heterocycles. The molecule has 1 saturated heterocycles. The number of aldehydes is 1. The second kappa shape index (κ2) is 4.93. The van der Waals surface area contributed by atoms with Gasteiger partial charge in [0.15, 0.2) is 16.1 Å². The number of thiophene rings is 1. The van der Waals surface area contributed by atoms with Crippen LogP contribution in [0, 0.1) is 0 Å². The van der Waals surface area contributed by atoms with Gasteiger partial charge in [-0.25, -0.2) is 8.42 Å². The predicted octanol–water partition coefficient (Wildman–Crippen LogP) is 2.61. The number of carbonyl (C=O) groups is 1. The van der Waals surface area contributed by atoms with Gasteiger partial charge in [0.05, 0.1) is 26.9 Å². The summed E-state index contributed by atoms with van der Waals surface area (Å²) in [5.74, 6) is 0.198. The highest BCUT2D eigenvalue weighted by atomic mass is 35.5. The van der Waals surface area contributed by atoms with Gasteiger partial charge in [-0.2, -0.15) is 5.10 Å². The molecule has 1 fully saturated rings. The standard InChI is InChI=1S/C13H13ClN2O3S2/c1-13(2-3-21(18,19)8-13)16-5-10(6-17)12(15-16)9-4-11(14)20-7-9/h4-7H,2-3,8H2,1H3. The highest BCUT2D eigenvalue weighted by Crippen LogP contribution is 2.34. The number of halogens is 1. The van der Waals surface area contributed by atoms with E-state index in [1.807, 2.05) is 12.3 Å². The van der Waals surface area contributed by atoms with E-state index in [0.717, 1.165) is 11.8 Å². The van der Waals surface area contributed by atoms with Gasteiger partial charge >= 0.3 is 0 Å². The molecule has 2 aromatic rings. The maximum Gasteiger partial charge on any atom is 0.153 e. The molecule has 0 radical (unpaired) electrons. The van der Waals surface area contributed by atoms with Crippen LogP contribution in [0.2, 0.25) is 4.34 Å². The Kier molecular flexibility index (Phi) is 3.46. The zero-order valence-corrected chi connectivity index (χ0v) is 13.6. The predicted molar refractivity (Wildman–Crippen MR) is 82.9 cm³/mol. The van der Waals surface area contributed by atoms with E-state index >= 15 is 0 Å². The lowest BCUT2D eigenvalue weighted by Gasteiger charge is -2.22. The molecule has 0 N–H and O–H groups in total. The van der Waals surface area contributed by atoms with E-state index in [0.29, 0.717) is 22.0 Å². The van der Waals surface area contributed by atoms with Gasteiger partial charge in [0.2, 0.25) is 0 Å². The van der Waals surface area contributed by atoms with Gasteiger partial charge in [-0.05, 0) is 19.4 Å². The molecule has 1 aliphatic heterocycles. The van der Waals surface area contributed by atoms with Crippen LogP contribution in [0.25, 0.3) is 11.3 Å². The molecule has 0 saturated carbocycles. The molecule has 0 amide bonds. The van der Waals surface area contributed by atoms with E-state index < -0.39 is 15.4 Å². The Balaban J connectivity index is 2.06. The van der Waals surface area contributed by atoms with Crippen LogP contribution in [0.5, 0.6) is 0 Å². The Hall–Kier alpha value is -1.18. The third-order valence-electron chi connectivity index (χ3n) is 3.75. The van der Waals surface area contributed by atoms with Crippen molar-refractivity contribution in [3.05, 3.63) is 27.5 Å². The summed E-state index contributed by atoms with van der Waals surface area (Å²) in [6.07, 6.45) is 2.85. The average Bonchev–Trinajstić information content (AvgIpc) is 3.07. The van der Waals surface area contributed by atoms with Crippen molar-refractivity contribution in [2.45, 2.75) is 18.9 Å². The number of hydrogen-bond acceptors (Lipinski definition) is 5. The zero-order valence-electron chi connectivity index (χ0n) is 11.2. The van der Waals surface area contributed by atoms with Crippen molar-refractivity contribution in [2.75, 3.05) is 11.5 Å². The monoisotopic (exact) mass is 344 g/mol. The lowest BCUT2D eigenvalue weighted by atomic mass is 10.0. The Labute approximate surface area is 131 Å². The van der Waals surface area contributed by atoms with Crippen molar-refractivity contribution < 1.29 is 13.2 Å². The van der Waals surface area contributed by atoms with Gasteiger partial charge in [-0.3, -0.25) is 9.48 Å². The molecule has 0 aromatic carbocycles. The van der Waals surface area contributed by atoms with Crippen LogP contribution in [0.4, 0.5) is 0 Å². The van der Waals surface area contributed by atoms with Gasteiger partial charge < -0.3 is 0 Å². The first-order valence-corrected chi connectivity index (χ1v) is 9.41. The van der Waals surface area contributed by atoms with Gasteiger partial charge in [0.1, 0.15) is 5.69 Å². The summed E-state index contributed by atoms with van der Waals surface area (Å²) >= 11 is 7.28. The number of hydrogen-bond donors (Lipinski definition) is 0. The summed E-state index contributed by atoms with van der Waals surface area (Å²) in [7, 11) is -3.04. The molecule has 8 heteroatoms. The highest BCUT2D eigenvalue weighted by molar-refractivity contribution is 7.91. The summed E-state index contributed by atoms with van der Waals surface area (Å²) < 4.78 is 25.7.